The Morgan fingerprint density at radius 2 is 2.00 bits per heavy atom. The van der Waals surface area contributed by atoms with Crippen molar-refractivity contribution in [3.8, 4) is 0 Å². The van der Waals surface area contributed by atoms with Gasteiger partial charge in [-0.1, -0.05) is 35.9 Å². The van der Waals surface area contributed by atoms with E-state index in [9.17, 15) is 14.7 Å². The lowest BCUT2D eigenvalue weighted by Gasteiger charge is -2.14. The molecule has 108 valence electrons. The van der Waals surface area contributed by atoms with Crippen molar-refractivity contribution in [2.24, 2.45) is 0 Å². The first kappa shape index (κ1) is 15.3. The molecule has 1 amide bonds. The molecule has 2 aromatic rings. The molecular weight excluding hydrogens is 310 g/mol. The second-order valence-electron chi connectivity index (χ2n) is 4.15. The van der Waals surface area contributed by atoms with E-state index in [1.54, 1.807) is 30.3 Å². The van der Waals surface area contributed by atoms with E-state index < -0.39 is 17.9 Å². The predicted octanol–water partition coefficient (Wildman–Crippen LogP) is 3.36. The molecule has 1 aromatic carbocycles. The highest BCUT2D eigenvalue weighted by atomic mass is 35.5. The summed E-state index contributed by atoms with van der Waals surface area (Å²) in [5, 5.41) is 13.9. The number of amides is 1. The van der Waals surface area contributed by atoms with Gasteiger partial charge in [0.15, 0.2) is 6.04 Å². The molecule has 1 atom stereocenters. The molecule has 0 aliphatic carbocycles. The van der Waals surface area contributed by atoms with E-state index in [-0.39, 0.29) is 0 Å². The number of hydrogen-bond acceptors (Lipinski definition) is 3. The molecule has 0 aliphatic heterocycles. The van der Waals surface area contributed by atoms with Gasteiger partial charge >= 0.3 is 5.97 Å². The first-order valence-electron chi connectivity index (χ1n) is 6.07. The van der Waals surface area contributed by atoms with Crippen LogP contribution in [0.1, 0.15) is 16.5 Å². The second kappa shape index (κ2) is 7.06. The molecular formula is C15H12ClNO3S. The van der Waals surface area contributed by atoms with Crippen LogP contribution in [0.2, 0.25) is 5.02 Å². The third-order valence-electron chi connectivity index (χ3n) is 2.69. The summed E-state index contributed by atoms with van der Waals surface area (Å²) in [7, 11) is 0. The summed E-state index contributed by atoms with van der Waals surface area (Å²) in [5.41, 5.74) is 0.351. The Labute approximate surface area is 130 Å². The summed E-state index contributed by atoms with van der Waals surface area (Å²) in [6, 6.07) is 9.07. The number of nitrogens with one attached hydrogen (secondary N) is 1. The van der Waals surface area contributed by atoms with E-state index in [0.29, 0.717) is 10.6 Å². The Morgan fingerprint density at radius 3 is 2.62 bits per heavy atom. The second-order valence-corrected chi connectivity index (χ2v) is 5.54. The fraction of sp³-hybridized carbons (Fsp3) is 0.0667. The van der Waals surface area contributed by atoms with Gasteiger partial charge in [-0.3, -0.25) is 4.79 Å². The largest absolute Gasteiger partial charge is 0.479 e. The monoisotopic (exact) mass is 321 g/mol. The third kappa shape index (κ3) is 4.18. The van der Waals surface area contributed by atoms with Gasteiger partial charge < -0.3 is 10.4 Å². The van der Waals surface area contributed by atoms with Gasteiger partial charge in [0.2, 0.25) is 5.91 Å². The molecule has 0 radical (unpaired) electrons. The molecule has 0 fully saturated rings. The number of carboxylic acids is 1. The number of rotatable bonds is 5. The number of carbonyl (C=O) groups is 2. The van der Waals surface area contributed by atoms with Crippen molar-refractivity contribution in [2.75, 3.05) is 0 Å². The van der Waals surface area contributed by atoms with Crippen LogP contribution < -0.4 is 5.32 Å². The van der Waals surface area contributed by atoms with Crippen LogP contribution >= 0.6 is 22.9 Å². The molecule has 0 saturated heterocycles. The van der Waals surface area contributed by atoms with Gasteiger partial charge in [0.05, 0.1) is 0 Å². The van der Waals surface area contributed by atoms with Crippen molar-refractivity contribution in [3.63, 3.8) is 0 Å². The standard InChI is InChI=1S/C15H12ClNO3S/c16-12-6-2-1-5-11(12)14(15(19)20)17-13(18)8-7-10-4-3-9-21-10/h1-9,14H,(H,17,18)(H,19,20)/b8-7+/t14-/m1/s1. The van der Waals surface area contributed by atoms with Gasteiger partial charge in [0.1, 0.15) is 0 Å². The first-order valence-corrected chi connectivity index (χ1v) is 7.33. The van der Waals surface area contributed by atoms with Crippen LogP contribution in [0.25, 0.3) is 6.08 Å². The minimum Gasteiger partial charge on any atom is -0.479 e. The van der Waals surface area contributed by atoms with E-state index in [0.717, 1.165) is 4.88 Å². The molecule has 21 heavy (non-hydrogen) atoms. The predicted molar refractivity (Wildman–Crippen MR) is 83.3 cm³/mol. The van der Waals surface area contributed by atoms with Crippen molar-refractivity contribution in [1.29, 1.82) is 0 Å². The third-order valence-corrected chi connectivity index (χ3v) is 3.87. The highest BCUT2D eigenvalue weighted by molar-refractivity contribution is 7.10. The SMILES string of the molecule is O=C(/C=C/c1cccs1)N[C@@H](C(=O)O)c1ccccc1Cl. The summed E-state index contributed by atoms with van der Waals surface area (Å²) in [4.78, 5) is 24.1. The van der Waals surface area contributed by atoms with Crippen LogP contribution in [-0.4, -0.2) is 17.0 Å². The average Bonchev–Trinajstić information content (AvgIpc) is 2.96. The molecule has 1 aromatic heterocycles. The van der Waals surface area contributed by atoms with Crippen molar-refractivity contribution >= 4 is 40.9 Å². The lowest BCUT2D eigenvalue weighted by atomic mass is 10.1. The summed E-state index contributed by atoms with van der Waals surface area (Å²) < 4.78 is 0. The fourth-order valence-corrected chi connectivity index (χ4v) is 2.58. The molecule has 0 unspecified atom stereocenters. The molecule has 0 bridgehead atoms. The number of thiophene rings is 1. The Balaban J connectivity index is 2.12. The van der Waals surface area contributed by atoms with Gasteiger partial charge in [-0.2, -0.15) is 0 Å². The van der Waals surface area contributed by atoms with E-state index >= 15 is 0 Å². The lowest BCUT2D eigenvalue weighted by Crippen LogP contribution is -2.32. The maximum atomic E-state index is 11.8. The molecule has 0 saturated carbocycles. The maximum Gasteiger partial charge on any atom is 0.330 e. The minimum atomic E-state index is -1.18. The molecule has 4 nitrogen and oxygen atoms in total. The highest BCUT2D eigenvalue weighted by Gasteiger charge is 2.23. The van der Waals surface area contributed by atoms with E-state index in [2.05, 4.69) is 5.32 Å². The number of benzene rings is 1. The summed E-state index contributed by atoms with van der Waals surface area (Å²) in [6.07, 6.45) is 2.93. The van der Waals surface area contributed by atoms with E-state index in [4.69, 9.17) is 11.6 Å². The molecule has 0 aliphatic rings. The molecule has 1 heterocycles. The van der Waals surface area contributed by atoms with Crippen LogP contribution in [0, 0.1) is 0 Å². The van der Waals surface area contributed by atoms with Crippen LogP contribution in [0.3, 0.4) is 0 Å². The number of aliphatic carboxylic acids is 1. The number of halogens is 1. The van der Waals surface area contributed by atoms with Crippen LogP contribution in [0.4, 0.5) is 0 Å². The van der Waals surface area contributed by atoms with Gasteiger partial charge in [-0.05, 0) is 23.6 Å². The Bertz CT molecular complexity index is 667. The topological polar surface area (TPSA) is 66.4 Å². The smallest absolute Gasteiger partial charge is 0.330 e. The van der Waals surface area contributed by atoms with Crippen molar-refractivity contribution in [1.82, 2.24) is 5.32 Å². The summed E-state index contributed by atoms with van der Waals surface area (Å²) >= 11 is 7.46. The molecule has 0 spiro atoms. The minimum absolute atomic E-state index is 0.299. The van der Waals surface area contributed by atoms with Crippen LogP contribution in [0.15, 0.2) is 47.9 Å². The Hall–Kier alpha value is -2.11. The summed E-state index contributed by atoms with van der Waals surface area (Å²) in [5.74, 6) is -1.66. The quantitative estimate of drug-likeness (QED) is 0.830. The number of hydrogen-bond donors (Lipinski definition) is 2. The average molecular weight is 322 g/mol. The van der Waals surface area contributed by atoms with Crippen LogP contribution in [-0.2, 0) is 9.59 Å². The zero-order valence-corrected chi connectivity index (χ0v) is 12.4. The zero-order chi connectivity index (χ0) is 15.2. The number of carbonyl (C=O) groups excluding carboxylic acids is 1. The van der Waals surface area contributed by atoms with E-state index in [1.165, 1.54) is 17.4 Å². The first-order chi connectivity index (χ1) is 10.1. The van der Waals surface area contributed by atoms with Gasteiger partial charge in [-0.15, -0.1) is 11.3 Å². The van der Waals surface area contributed by atoms with E-state index in [1.807, 2.05) is 17.5 Å². The van der Waals surface area contributed by atoms with Crippen molar-refractivity contribution in [3.05, 3.63) is 63.3 Å². The maximum absolute atomic E-state index is 11.8. The van der Waals surface area contributed by atoms with Gasteiger partial charge in [0.25, 0.3) is 0 Å². The Kier molecular flexibility index (Phi) is 5.14. The molecule has 2 rings (SSSR count). The highest BCUT2D eigenvalue weighted by Crippen LogP contribution is 2.23. The summed E-state index contributed by atoms with van der Waals surface area (Å²) in [6.45, 7) is 0. The Morgan fingerprint density at radius 1 is 1.24 bits per heavy atom. The van der Waals surface area contributed by atoms with Crippen LogP contribution in [0.5, 0.6) is 0 Å². The fourth-order valence-electron chi connectivity index (χ4n) is 1.72. The van der Waals surface area contributed by atoms with Crippen molar-refractivity contribution in [2.45, 2.75) is 6.04 Å². The molecule has 6 heteroatoms. The lowest BCUT2D eigenvalue weighted by molar-refractivity contribution is -0.141. The zero-order valence-electron chi connectivity index (χ0n) is 10.8. The normalized spacial score (nSPS) is 12.2. The molecule has 2 N–H and O–H groups in total. The van der Waals surface area contributed by atoms with Gasteiger partial charge in [-0.25, -0.2) is 4.79 Å². The van der Waals surface area contributed by atoms with Crippen molar-refractivity contribution < 1.29 is 14.7 Å². The number of carboxylic acid groups (broad SMARTS) is 1. The van der Waals surface area contributed by atoms with Gasteiger partial charge in [0, 0.05) is 21.5 Å².